The Hall–Kier alpha value is -1.02. The Morgan fingerprint density at radius 3 is 2.81 bits per heavy atom. The van der Waals surface area contributed by atoms with Crippen molar-refractivity contribution in [2.24, 2.45) is 0 Å². The lowest BCUT2D eigenvalue weighted by Crippen LogP contribution is -2.25. The molecular formula is C19H31NO. The number of hydrogen-bond donors (Lipinski definition) is 1. The lowest BCUT2D eigenvalue weighted by Gasteiger charge is -2.16. The Morgan fingerprint density at radius 2 is 2.00 bits per heavy atom. The van der Waals surface area contributed by atoms with E-state index in [1.807, 2.05) is 0 Å². The maximum Gasteiger partial charge on any atom is 0.122 e. The van der Waals surface area contributed by atoms with Crippen LogP contribution in [0.1, 0.15) is 63.0 Å². The van der Waals surface area contributed by atoms with Crippen molar-refractivity contribution >= 4 is 0 Å². The van der Waals surface area contributed by atoms with Gasteiger partial charge < -0.3 is 10.1 Å². The molecule has 1 aliphatic rings. The summed E-state index contributed by atoms with van der Waals surface area (Å²) < 4.78 is 5.57. The van der Waals surface area contributed by atoms with E-state index in [0.29, 0.717) is 6.04 Å². The average Bonchev–Trinajstić information content (AvgIpc) is 2.97. The second-order valence-electron chi connectivity index (χ2n) is 6.27. The second-order valence-corrected chi connectivity index (χ2v) is 6.27. The van der Waals surface area contributed by atoms with Crippen LogP contribution in [0.25, 0.3) is 0 Å². The zero-order chi connectivity index (χ0) is 14.9. The maximum atomic E-state index is 5.57. The van der Waals surface area contributed by atoms with Gasteiger partial charge >= 0.3 is 0 Å². The van der Waals surface area contributed by atoms with E-state index in [9.17, 15) is 0 Å². The molecule has 1 atom stereocenters. The molecule has 2 nitrogen and oxygen atoms in total. The highest BCUT2D eigenvalue weighted by Gasteiger charge is 2.12. The predicted molar refractivity (Wildman–Crippen MR) is 90.2 cm³/mol. The van der Waals surface area contributed by atoms with Crippen molar-refractivity contribution in [3.8, 4) is 5.75 Å². The summed E-state index contributed by atoms with van der Waals surface area (Å²) in [4.78, 5) is 0. The van der Waals surface area contributed by atoms with Crippen LogP contribution in [-0.2, 0) is 12.8 Å². The van der Waals surface area contributed by atoms with Crippen LogP contribution in [0.15, 0.2) is 18.2 Å². The molecule has 0 radical (unpaired) electrons. The highest BCUT2D eigenvalue weighted by Crippen LogP contribution is 2.26. The number of rotatable bonds is 10. The Kier molecular flexibility index (Phi) is 7.08. The fourth-order valence-electron chi connectivity index (χ4n) is 3.16. The standard InChI is InChI=1S/C19H31NO/c1-3-4-5-6-7-8-18(20-2)11-9-16-10-12-19-17(15-16)13-14-21-19/h10,12,15,18,20H,3-9,11,13-14H2,1-2H3. The van der Waals surface area contributed by atoms with Crippen LogP contribution in [-0.4, -0.2) is 19.7 Å². The van der Waals surface area contributed by atoms with Gasteiger partial charge in [-0.15, -0.1) is 0 Å². The van der Waals surface area contributed by atoms with Crippen LogP contribution >= 0.6 is 0 Å². The average molecular weight is 289 g/mol. The van der Waals surface area contributed by atoms with Gasteiger partial charge in [0.25, 0.3) is 0 Å². The van der Waals surface area contributed by atoms with Crippen molar-refractivity contribution in [3.63, 3.8) is 0 Å². The van der Waals surface area contributed by atoms with E-state index in [0.717, 1.165) is 18.8 Å². The van der Waals surface area contributed by atoms with Gasteiger partial charge in [-0.25, -0.2) is 0 Å². The van der Waals surface area contributed by atoms with Gasteiger partial charge in [0.1, 0.15) is 5.75 Å². The predicted octanol–water partition coefficient (Wildman–Crippen LogP) is 4.50. The van der Waals surface area contributed by atoms with Crippen molar-refractivity contribution in [2.75, 3.05) is 13.7 Å². The molecule has 0 fully saturated rings. The Bertz CT molecular complexity index is 416. The third-order valence-electron chi connectivity index (χ3n) is 4.60. The third-order valence-corrected chi connectivity index (χ3v) is 4.60. The zero-order valence-electron chi connectivity index (χ0n) is 13.8. The van der Waals surface area contributed by atoms with Gasteiger partial charge in [0, 0.05) is 12.5 Å². The molecule has 0 bridgehead atoms. The summed E-state index contributed by atoms with van der Waals surface area (Å²) in [5.74, 6) is 1.10. The van der Waals surface area contributed by atoms with E-state index < -0.39 is 0 Å². The van der Waals surface area contributed by atoms with E-state index in [2.05, 4.69) is 37.5 Å². The van der Waals surface area contributed by atoms with Gasteiger partial charge in [0.15, 0.2) is 0 Å². The molecule has 0 spiro atoms. The van der Waals surface area contributed by atoms with Crippen molar-refractivity contribution < 1.29 is 4.74 Å². The summed E-state index contributed by atoms with van der Waals surface area (Å²) in [5.41, 5.74) is 2.86. The molecule has 1 N–H and O–H groups in total. The fraction of sp³-hybridized carbons (Fsp3) is 0.684. The van der Waals surface area contributed by atoms with Gasteiger partial charge in [-0.2, -0.15) is 0 Å². The molecule has 1 aliphatic heterocycles. The topological polar surface area (TPSA) is 21.3 Å². The highest BCUT2D eigenvalue weighted by molar-refractivity contribution is 5.39. The summed E-state index contributed by atoms with van der Waals surface area (Å²) in [5, 5.41) is 3.49. The summed E-state index contributed by atoms with van der Waals surface area (Å²) >= 11 is 0. The molecule has 0 saturated heterocycles. The van der Waals surface area contributed by atoms with Crippen molar-refractivity contribution in [1.82, 2.24) is 5.32 Å². The second kappa shape index (κ2) is 9.09. The Balaban J connectivity index is 1.70. The smallest absolute Gasteiger partial charge is 0.122 e. The fourth-order valence-corrected chi connectivity index (χ4v) is 3.16. The first-order valence-electron chi connectivity index (χ1n) is 8.75. The Morgan fingerprint density at radius 1 is 1.14 bits per heavy atom. The van der Waals surface area contributed by atoms with Crippen molar-refractivity contribution in [1.29, 1.82) is 0 Å². The number of aryl methyl sites for hydroxylation is 1. The van der Waals surface area contributed by atoms with Crippen LogP contribution in [0.5, 0.6) is 5.75 Å². The van der Waals surface area contributed by atoms with E-state index in [-0.39, 0.29) is 0 Å². The van der Waals surface area contributed by atoms with Crippen LogP contribution in [0.4, 0.5) is 0 Å². The lowest BCUT2D eigenvalue weighted by molar-refractivity contribution is 0.357. The van der Waals surface area contributed by atoms with Gasteiger partial charge in [0.05, 0.1) is 6.61 Å². The molecule has 1 unspecified atom stereocenters. The quantitative estimate of drug-likeness (QED) is 0.640. The van der Waals surface area contributed by atoms with Gasteiger partial charge in [-0.1, -0.05) is 51.2 Å². The normalized spacial score (nSPS) is 14.8. The van der Waals surface area contributed by atoms with E-state index >= 15 is 0 Å². The van der Waals surface area contributed by atoms with Gasteiger partial charge in [-0.05, 0) is 43.5 Å². The van der Waals surface area contributed by atoms with Crippen LogP contribution < -0.4 is 10.1 Å². The first-order valence-corrected chi connectivity index (χ1v) is 8.75. The summed E-state index contributed by atoms with van der Waals surface area (Å²) in [7, 11) is 2.10. The van der Waals surface area contributed by atoms with Crippen molar-refractivity contribution in [2.45, 2.75) is 70.8 Å². The molecule has 1 aromatic rings. The van der Waals surface area contributed by atoms with Crippen LogP contribution in [0.2, 0.25) is 0 Å². The number of benzene rings is 1. The minimum atomic E-state index is 0.663. The van der Waals surface area contributed by atoms with E-state index in [4.69, 9.17) is 4.74 Å². The van der Waals surface area contributed by atoms with Crippen molar-refractivity contribution in [3.05, 3.63) is 29.3 Å². The summed E-state index contributed by atoms with van der Waals surface area (Å²) in [6.45, 7) is 3.13. The molecule has 1 aromatic carbocycles. The number of ether oxygens (including phenoxy) is 1. The molecule has 21 heavy (non-hydrogen) atoms. The molecular weight excluding hydrogens is 258 g/mol. The molecule has 0 aliphatic carbocycles. The van der Waals surface area contributed by atoms with E-state index in [1.54, 1.807) is 0 Å². The summed E-state index contributed by atoms with van der Waals surface area (Å²) in [6.07, 6.45) is 11.7. The lowest BCUT2D eigenvalue weighted by atomic mass is 9.98. The largest absolute Gasteiger partial charge is 0.493 e. The molecule has 2 rings (SSSR count). The SMILES string of the molecule is CCCCCCCC(CCc1ccc2c(c1)CCO2)NC. The molecule has 0 saturated carbocycles. The zero-order valence-corrected chi connectivity index (χ0v) is 13.8. The van der Waals surface area contributed by atoms with Gasteiger partial charge in [0.2, 0.25) is 0 Å². The molecule has 0 amide bonds. The summed E-state index contributed by atoms with van der Waals surface area (Å²) in [6, 6.07) is 7.39. The molecule has 2 heteroatoms. The number of fused-ring (bicyclic) bond motifs is 1. The molecule has 0 aromatic heterocycles. The maximum absolute atomic E-state index is 5.57. The monoisotopic (exact) mass is 289 g/mol. The number of hydrogen-bond acceptors (Lipinski definition) is 2. The molecule has 1 heterocycles. The number of unbranched alkanes of at least 4 members (excludes halogenated alkanes) is 4. The van der Waals surface area contributed by atoms with E-state index in [1.165, 1.54) is 62.5 Å². The molecule has 118 valence electrons. The Labute approximate surface area is 130 Å². The highest BCUT2D eigenvalue weighted by atomic mass is 16.5. The third kappa shape index (κ3) is 5.35. The van der Waals surface area contributed by atoms with Crippen LogP contribution in [0.3, 0.4) is 0 Å². The van der Waals surface area contributed by atoms with Gasteiger partial charge in [-0.3, -0.25) is 0 Å². The number of nitrogens with one attached hydrogen (secondary N) is 1. The first kappa shape index (κ1) is 16.4. The first-order chi connectivity index (χ1) is 10.3. The minimum Gasteiger partial charge on any atom is -0.493 e. The minimum absolute atomic E-state index is 0.663. The van der Waals surface area contributed by atoms with Crippen LogP contribution in [0, 0.1) is 0 Å².